The summed E-state index contributed by atoms with van der Waals surface area (Å²) in [6.45, 7) is 3.93. The van der Waals surface area contributed by atoms with Crippen LogP contribution in [0.3, 0.4) is 0 Å². The van der Waals surface area contributed by atoms with Crippen LogP contribution in [0.2, 0.25) is 0 Å². The highest BCUT2D eigenvalue weighted by atomic mass is 127. The topological polar surface area (TPSA) is 86.3 Å². The average molecular weight is 493 g/mol. The number of benzene rings is 1. The number of para-hydroxylation sites is 1. The zero-order valence-corrected chi connectivity index (χ0v) is 17.7. The Morgan fingerprint density at radius 2 is 2.15 bits per heavy atom. The van der Waals surface area contributed by atoms with E-state index in [4.69, 9.17) is 4.74 Å². The molecule has 1 aromatic rings. The molecule has 0 unspecified atom stereocenters. The highest BCUT2D eigenvalue weighted by Crippen LogP contribution is 2.14. The monoisotopic (exact) mass is 493 g/mol. The van der Waals surface area contributed by atoms with E-state index in [1.807, 2.05) is 18.9 Å². The van der Waals surface area contributed by atoms with Gasteiger partial charge in [0.15, 0.2) is 17.5 Å². The quantitative estimate of drug-likeness (QED) is 0.247. The Hall–Kier alpha value is -2.11. The molecule has 1 heterocycles. The maximum atomic E-state index is 13.5. The second kappa shape index (κ2) is 11.6. The Morgan fingerprint density at radius 3 is 2.78 bits per heavy atom. The van der Waals surface area contributed by atoms with Crippen LogP contribution in [0.25, 0.3) is 0 Å². The van der Waals surface area contributed by atoms with Crippen LogP contribution in [-0.2, 0) is 4.79 Å². The van der Waals surface area contributed by atoms with Crippen molar-refractivity contribution in [2.24, 2.45) is 4.99 Å². The second-order valence-corrected chi connectivity index (χ2v) is 5.64. The van der Waals surface area contributed by atoms with Gasteiger partial charge >= 0.3 is 6.03 Å². The van der Waals surface area contributed by atoms with E-state index < -0.39 is 5.82 Å². The summed E-state index contributed by atoms with van der Waals surface area (Å²) in [5.41, 5.74) is 0. The lowest BCUT2D eigenvalue weighted by Crippen LogP contribution is -2.41. The molecule has 3 amide bonds. The third-order valence-corrected chi connectivity index (χ3v) is 3.74. The van der Waals surface area contributed by atoms with E-state index in [-0.39, 0.29) is 61.4 Å². The van der Waals surface area contributed by atoms with Crippen molar-refractivity contribution in [3.05, 3.63) is 30.1 Å². The van der Waals surface area contributed by atoms with E-state index in [2.05, 4.69) is 15.6 Å². The number of nitrogens with one attached hydrogen (secondary N) is 2. The molecule has 0 atom stereocenters. The van der Waals surface area contributed by atoms with E-state index in [9.17, 15) is 14.0 Å². The van der Waals surface area contributed by atoms with E-state index in [1.165, 1.54) is 6.07 Å². The fourth-order valence-corrected chi connectivity index (χ4v) is 2.37. The highest BCUT2D eigenvalue weighted by Gasteiger charge is 2.27. The molecular formula is C17H25FIN5O3. The minimum atomic E-state index is -0.399. The Labute approximate surface area is 175 Å². The van der Waals surface area contributed by atoms with Crippen LogP contribution in [0.15, 0.2) is 29.3 Å². The molecule has 1 aliphatic heterocycles. The number of halogens is 2. The molecule has 2 rings (SSSR count). The number of hydrogen-bond donors (Lipinski definition) is 2. The Bertz CT molecular complexity index is 658. The van der Waals surface area contributed by atoms with Gasteiger partial charge in [0.05, 0.1) is 26.2 Å². The van der Waals surface area contributed by atoms with Crippen molar-refractivity contribution < 1.29 is 18.7 Å². The predicted molar refractivity (Wildman–Crippen MR) is 111 cm³/mol. The number of imide groups is 1. The van der Waals surface area contributed by atoms with Gasteiger partial charge in [-0.05, 0) is 19.1 Å². The molecule has 1 saturated heterocycles. The van der Waals surface area contributed by atoms with Crippen LogP contribution in [0.4, 0.5) is 9.18 Å². The van der Waals surface area contributed by atoms with Crippen molar-refractivity contribution >= 4 is 41.9 Å². The summed E-state index contributed by atoms with van der Waals surface area (Å²) in [7, 11) is 1.83. The van der Waals surface area contributed by atoms with Gasteiger partial charge in [-0.1, -0.05) is 12.1 Å². The van der Waals surface area contributed by atoms with Gasteiger partial charge in [0.2, 0.25) is 5.91 Å². The van der Waals surface area contributed by atoms with Gasteiger partial charge in [-0.2, -0.15) is 0 Å². The molecular weight excluding hydrogens is 468 g/mol. The lowest BCUT2D eigenvalue weighted by atomic mass is 10.3. The van der Waals surface area contributed by atoms with Crippen molar-refractivity contribution in [1.29, 1.82) is 0 Å². The number of nitrogens with zero attached hydrogens (tertiary/aromatic N) is 3. The minimum Gasteiger partial charge on any atom is -0.489 e. The molecule has 150 valence electrons. The molecule has 1 fully saturated rings. The number of likely N-dealkylation sites (N-methyl/N-ethyl adjacent to an activating group) is 1. The van der Waals surface area contributed by atoms with Crippen molar-refractivity contribution in [2.75, 3.05) is 46.4 Å². The fraction of sp³-hybridized carbons (Fsp3) is 0.471. The van der Waals surface area contributed by atoms with Gasteiger partial charge in [0.1, 0.15) is 6.61 Å². The molecule has 1 aromatic carbocycles. The number of amides is 3. The SMILES string of the molecule is CCNC(=NCCN1C(=O)CNC1=O)N(C)CCOc1ccccc1F.I. The highest BCUT2D eigenvalue weighted by molar-refractivity contribution is 14.0. The van der Waals surface area contributed by atoms with E-state index >= 15 is 0 Å². The van der Waals surface area contributed by atoms with Crippen molar-refractivity contribution in [1.82, 2.24) is 20.4 Å². The standard InChI is InChI=1S/C17H24FN5O3.HI/c1-3-19-16(20-8-9-23-15(24)12-21-17(23)25)22(2)10-11-26-14-7-5-4-6-13(14)18;/h4-7H,3,8-12H2,1-2H3,(H,19,20)(H,21,25);1H. The Morgan fingerprint density at radius 1 is 1.41 bits per heavy atom. The summed E-state index contributed by atoms with van der Waals surface area (Å²) >= 11 is 0. The van der Waals surface area contributed by atoms with Crippen molar-refractivity contribution in [3.8, 4) is 5.75 Å². The van der Waals surface area contributed by atoms with Crippen LogP contribution >= 0.6 is 24.0 Å². The van der Waals surface area contributed by atoms with Gasteiger partial charge in [-0.3, -0.25) is 14.7 Å². The zero-order chi connectivity index (χ0) is 18.9. The summed E-state index contributed by atoms with van der Waals surface area (Å²) in [6, 6.07) is 5.86. The molecule has 2 N–H and O–H groups in total. The fourth-order valence-electron chi connectivity index (χ4n) is 2.37. The van der Waals surface area contributed by atoms with Crippen molar-refractivity contribution in [2.45, 2.75) is 6.92 Å². The van der Waals surface area contributed by atoms with Gasteiger partial charge in [0, 0.05) is 13.6 Å². The first kappa shape index (κ1) is 22.9. The number of hydrogen-bond acceptors (Lipinski definition) is 4. The third kappa shape index (κ3) is 6.85. The van der Waals surface area contributed by atoms with Crippen LogP contribution in [0.5, 0.6) is 5.75 Å². The smallest absolute Gasteiger partial charge is 0.324 e. The number of carbonyl (C=O) groups is 2. The maximum absolute atomic E-state index is 13.5. The van der Waals surface area contributed by atoms with E-state index in [0.717, 1.165) is 4.90 Å². The lowest BCUT2D eigenvalue weighted by molar-refractivity contribution is -0.124. The van der Waals surface area contributed by atoms with Gasteiger partial charge in [-0.25, -0.2) is 9.18 Å². The number of urea groups is 1. The maximum Gasteiger partial charge on any atom is 0.324 e. The molecule has 10 heteroatoms. The van der Waals surface area contributed by atoms with Crippen LogP contribution < -0.4 is 15.4 Å². The molecule has 27 heavy (non-hydrogen) atoms. The first-order valence-electron chi connectivity index (χ1n) is 8.48. The number of ether oxygens (including phenoxy) is 1. The molecule has 0 saturated carbocycles. The molecule has 0 aliphatic carbocycles. The lowest BCUT2D eigenvalue weighted by Gasteiger charge is -2.22. The summed E-state index contributed by atoms with van der Waals surface area (Å²) in [5.74, 6) is 0.184. The number of guanidine groups is 1. The van der Waals surface area contributed by atoms with Crippen LogP contribution in [-0.4, -0.2) is 74.1 Å². The molecule has 8 nitrogen and oxygen atoms in total. The molecule has 1 aliphatic rings. The average Bonchev–Trinajstić information content (AvgIpc) is 2.94. The molecule has 0 radical (unpaired) electrons. The number of rotatable bonds is 8. The zero-order valence-electron chi connectivity index (χ0n) is 15.4. The summed E-state index contributed by atoms with van der Waals surface area (Å²) in [4.78, 5) is 30.4. The largest absolute Gasteiger partial charge is 0.489 e. The summed E-state index contributed by atoms with van der Waals surface area (Å²) in [6.07, 6.45) is 0. The predicted octanol–water partition coefficient (Wildman–Crippen LogP) is 1.27. The van der Waals surface area contributed by atoms with Gasteiger partial charge < -0.3 is 20.3 Å². The number of aliphatic imine (C=N–C) groups is 1. The van der Waals surface area contributed by atoms with Crippen molar-refractivity contribution in [3.63, 3.8) is 0 Å². The van der Waals surface area contributed by atoms with Gasteiger partial charge in [0.25, 0.3) is 0 Å². The van der Waals surface area contributed by atoms with E-state index in [0.29, 0.717) is 25.6 Å². The third-order valence-electron chi connectivity index (χ3n) is 3.74. The van der Waals surface area contributed by atoms with Gasteiger partial charge in [-0.15, -0.1) is 24.0 Å². The molecule has 0 bridgehead atoms. The summed E-state index contributed by atoms with van der Waals surface area (Å²) in [5, 5.41) is 5.60. The first-order chi connectivity index (χ1) is 12.5. The molecule has 0 spiro atoms. The normalized spacial score (nSPS) is 13.9. The first-order valence-corrected chi connectivity index (χ1v) is 8.48. The number of carbonyl (C=O) groups excluding carboxylic acids is 2. The minimum absolute atomic E-state index is 0. The second-order valence-electron chi connectivity index (χ2n) is 5.64. The Balaban J connectivity index is 0.00000364. The van der Waals surface area contributed by atoms with E-state index in [1.54, 1.807) is 18.2 Å². The van der Waals surface area contributed by atoms with Crippen LogP contribution in [0, 0.1) is 5.82 Å². The Kier molecular flexibility index (Phi) is 9.83. The summed E-state index contributed by atoms with van der Waals surface area (Å²) < 4.78 is 19.0. The molecule has 0 aromatic heterocycles. The van der Waals surface area contributed by atoms with Crippen LogP contribution in [0.1, 0.15) is 6.92 Å².